The number of aliphatic hydroxyl groups is 1. The van der Waals surface area contributed by atoms with Crippen LogP contribution in [0, 0.1) is 0 Å². The maximum absolute atomic E-state index is 12.7. The van der Waals surface area contributed by atoms with Crippen LogP contribution in [0.2, 0.25) is 0 Å². The van der Waals surface area contributed by atoms with Crippen molar-refractivity contribution in [3.8, 4) is 11.5 Å². The fraction of sp³-hybridized carbons (Fsp3) is 0.500. The molecule has 0 saturated carbocycles. The molecule has 1 N–H and O–H groups in total. The van der Waals surface area contributed by atoms with E-state index in [1.165, 1.54) is 0 Å². The second-order valence-electron chi connectivity index (χ2n) is 3.97. The van der Waals surface area contributed by atoms with Gasteiger partial charge in [0.1, 0.15) is 19.9 Å². The molecule has 0 fully saturated rings. The van der Waals surface area contributed by atoms with Crippen molar-refractivity contribution in [1.29, 1.82) is 0 Å². The molecule has 0 spiro atoms. The van der Waals surface area contributed by atoms with E-state index in [0.717, 1.165) is 5.56 Å². The second kappa shape index (κ2) is 4.70. The molecule has 0 amide bonds. The third kappa shape index (κ3) is 2.27. The lowest BCUT2D eigenvalue weighted by Gasteiger charge is -2.22. The van der Waals surface area contributed by atoms with Gasteiger partial charge in [-0.25, -0.2) is 4.39 Å². The molecular weight excluding hydrogens is 211 g/mol. The zero-order chi connectivity index (χ0) is 11.5. The van der Waals surface area contributed by atoms with Crippen molar-refractivity contribution in [2.75, 3.05) is 13.2 Å². The number of fused-ring (bicyclic) bond motifs is 1. The van der Waals surface area contributed by atoms with Gasteiger partial charge in [-0.2, -0.15) is 0 Å². The van der Waals surface area contributed by atoms with Crippen LogP contribution >= 0.6 is 0 Å². The highest BCUT2D eigenvalue weighted by molar-refractivity contribution is 5.50. The number of benzene rings is 1. The predicted octanol–water partition coefficient (Wildman–Crippen LogP) is 1.85. The number of aliphatic hydroxyl groups excluding tert-OH is 1. The molecule has 16 heavy (non-hydrogen) atoms. The molecule has 1 aliphatic rings. The van der Waals surface area contributed by atoms with Crippen molar-refractivity contribution in [3.05, 3.63) is 23.3 Å². The third-order valence-electron chi connectivity index (χ3n) is 2.45. The molecule has 2 rings (SSSR count). The Morgan fingerprint density at radius 1 is 1.38 bits per heavy atom. The van der Waals surface area contributed by atoms with Crippen molar-refractivity contribution >= 4 is 0 Å². The first-order valence-electron chi connectivity index (χ1n) is 5.36. The second-order valence-corrected chi connectivity index (χ2v) is 3.97. The average Bonchev–Trinajstić information content (AvgIpc) is 2.28. The Kier molecular flexibility index (Phi) is 3.29. The quantitative estimate of drug-likeness (QED) is 0.854. The van der Waals surface area contributed by atoms with Crippen molar-refractivity contribution in [1.82, 2.24) is 0 Å². The zero-order valence-corrected chi connectivity index (χ0v) is 9.20. The summed E-state index contributed by atoms with van der Waals surface area (Å²) in [6.45, 7) is 2.13. The van der Waals surface area contributed by atoms with Gasteiger partial charge in [-0.1, -0.05) is 0 Å². The van der Waals surface area contributed by atoms with Crippen LogP contribution in [0.25, 0.3) is 0 Å². The van der Waals surface area contributed by atoms with E-state index >= 15 is 0 Å². The van der Waals surface area contributed by atoms with Gasteiger partial charge in [0, 0.05) is 12.0 Å². The van der Waals surface area contributed by atoms with E-state index in [-0.39, 0.29) is 0 Å². The molecule has 0 aromatic heterocycles. The smallest absolute Gasteiger partial charge is 0.164 e. The Morgan fingerprint density at radius 3 is 2.81 bits per heavy atom. The van der Waals surface area contributed by atoms with Crippen LogP contribution in [0.1, 0.15) is 18.1 Å². The monoisotopic (exact) mass is 226 g/mol. The average molecular weight is 226 g/mol. The molecule has 0 saturated heterocycles. The molecule has 3 nitrogen and oxygen atoms in total. The first kappa shape index (κ1) is 11.2. The molecule has 1 atom stereocenters. The summed E-state index contributed by atoms with van der Waals surface area (Å²) in [6.07, 6.45) is -0.0380. The van der Waals surface area contributed by atoms with Crippen molar-refractivity contribution < 1.29 is 19.0 Å². The largest absolute Gasteiger partial charge is 0.486 e. The summed E-state index contributed by atoms with van der Waals surface area (Å²) in [5.74, 6) is 1.22. The summed E-state index contributed by atoms with van der Waals surface area (Å²) in [6, 6.07) is 3.38. The van der Waals surface area contributed by atoms with Gasteiger partial charge in [0.05, 0.1) is 6.10 Å². The number of hydrogen-bond donors (Lipinski definition) is 1. The fourth-order valence-electron chi connectivity index (χ4n) is 1.84. The minimum atomic E-state index is -0.538. The molecule has 4 heteroatoms. The number of halogens is 1. The van der Waals surface area contributed by atoms with Gasteiger partial charge in [0.15, 0.2) is 11.5 Å². The summed E-state index contributed by atoms with van der Waals surface area (Å²) in [4.78, 5) is 0. The van der Waals surface area contributed by atoms with Crippen molar-refractivity contribution in [2.45, 2.75) is 26.1 Å². The van der Waals surface area contributed by atoms with E-state index in [0.29, 0.717) is 36.7 Å². The Morgan fingerprint density at radius 2 is 2.12 bits per heavy atom. The minimum Gasteiger partial charge on any atom is -0.486 e. The summed E-state index contributed by atoms with van der Waals surface area (Å²) in [5, 5.41) is 9.38. The Hall–Kier alpha value is -1.29. The maximum Gasteiger partial charge on any atom is 0.164 e. The lowest BCUT2D eigenvalue weighted by molar-refractivity contribution is 0.163. The molecule has 1 aliphatic heterocycles. The van der Waals surface area contributed by atoms with Gasteiger partial charge < -0.3 is 14.6 Å². The number of rotatable bonds is 3. The van der Waals surface area contributed by atoms with Gasteiger partial charge >= 0.3 is 0 Å². The number of ether oxygens (including phenoxy) is 2. The molecule has 1 heterocycles. The van der Waals surface area contributed by atoms with Gasteiger partial charge in [0.2, 0.25) is 0 Å². The van der Waals surface area contributed by atoms with Gasteiger partial charge in [-0.3, -0.25) is 0 Å². The Labute approximate surface area is 93.8 Å². The summed E-state index contributed by atoms with van der Waals surface area (Å²) in [5.41, 5.74) is 1.36. The molecule has 88 valence electrons. The molecule has 1 aromatic carbocycles. The normalized spacial score (nSPS) is 15.9. The van der Waals surface area contributed by atoms with E-state index in [9.17, 15) is 9.50 Å². The minimum absolute atomic E-state index is 0.444. The molecule has 1 unspecified atom stereocenters. The van der Waals surface area contributed by atoms with Crippen LogP contribution in [0.3, 0.4) is 0 Å². The first-order chi connectivity index (χ1) is 7.70. The number of hydrogen-bond acceptors (Lipinski definition) is 3. The lowest BCUT2D eigenvalue weighted by atomic mass is 10.0. The summed E-state index contributed by atoms with van der Waals surface area (Å²) in [7, 11) is 0. The maximum atomic E-state index is 12.7. The Bertz CT molecular complexity index is 377. The lowest BCUT2D eigenvalue weighted by Crippen LogP contribution is -2.18. The molecule has 0 aliphatic carbocycles. The van der Waals surface area contributed by atoms with E-state index in [2.05, 4.69) is 0 Å². The van der Waals surface area contributed by atoms with Gasteiger partial charge in [-0.05, 0) is 24.6 Å². The van der Waals surface area contributed by atoms with Crippen LogP contribution < -0.4 is 9.47 Å². The van der Waals surface area contributed by atoms with E-state index < -0.39 is 12.8 Å². The number of alkyl halides is 1. The van der Waals surface area contributed by atoms with E-state index in [4.69, 9.17) is 9.47 Å². The molecule has 0 bridgehead atoms. The van der Waals surface area contributed by atoms with Crippen LogP contribution in [0.5, 0.6) is 11.5 Å². The molecule has 1 aromatic rings. The standard InChI is InChI=1S/C12H15FO3/c1-8(14)4-10-5-9(7-13)6-11-12(10)16-3-2-15-11/h5-6,8,14H,2-4,7H2,1H3. The molecule has 0 radical (unpaired) electrons. The highest BCUT2D eigenvalue weighted by Gasteiger charge is 2.18. The van der Waals surface area contributed by atoms with Crippen molar-refractivity contribution in [2.24, 2.45) is 0 Å². The van der Waals surface area contributed by atoms with Crippen molar-refractivity contribution in [3.63, 3.8) is 0 Å². The summed E-state index contributed by atoms with van der Waals surface area (Å²) >= 11 is 0. The van der Waals surface area contributed by atoms with Gasteiger partial charge in [0.25, 0.3) is 0 Å². The van der Waals surface area contributed by atoms with Crippen LogP contribution in [-0.4, -0.2) is 24.4 Å². The van der Waals surface area contributed by atoms with Crippen LogP contribution in [0.4, 0.5) is 4.39 Å². The SMILES string of the molecule is CC(O)Cc1cc(CF)cc2c1OCCO2. The topological polar surface area (TPSA) is 38.7 Å². The van der Waals surface area contributed by atoms with E-state index in [1.807, 2.05) is 0 Å². The molecular formula is C12H15FO3. The van der Waals surface area contributed by atoms with E-state index in [1.54, 1.807) is 19.1 Å². The predicted molar refractivity (Wildman–Crippen MR) is 57.6 cm³/mol. The summed E-state index contributed by atoms with van der Waals surface area (Å²) < 4.78 is 23.6. The Balaban J connectivity index is 2.39. The highest BCUT2D eigenvalue weighted by atomic mass is 19.1. The van der Waals surface area contributed by atoms with Crippen LogP contribution in [-0.2, 0) is 13.1 Å². The van der Waals surface area contributed by atoms with Gasteiger partial charge in [-0.15, -0.1) is 0 Å². The third-order valence-corrected chi connectivity index (χ3v) is 2.45. The fourth-order valence-corrected chi connectivity index (χ4v) is 1.84. The zero-order valence-electron chi connectivity index (χ0n) is 9.20. The highest BCUT2D eigenvalue weighted by Crippen LogP contribution is 2.36. The first-order valence-corrected chi connectivity index (χ1v) is 5.36. The van der Waals surface area contributed by atoms with Crippen LogP contribution in [0.15, 0.2) is 12.1 Å².